The lowest BCUT2D eigenvalue weighted by Gasteiger charge is -1.98. The SMILES string of the molecule is CC.CC.Cc1ccc2oc(=O)c(C)cc2c1. The molecule has 0 spiro atoms. The Bertz CT molecular complexity index is 510. The van der Waals surface area contributed by atoms with Crippen LogP contribution in [0.1, 0.15) is 38.8 Å². The van der Waals surface area contributed by atoms with Crippen LogP contribution in [-0.2, 0) is 0 Å². The van der Waals surface area contributed by atoms with Crippen molar-refractivity contribution in [1.82, 2.24) is 0 Å². The van der Waals surface area contributed by atoms with Gasteiger partial charge in [-0.05, 0) is 32.0 Å². The summed E-state index contributed by atoms with van der Waals surface area (Å²) in [6.45, 7) is 11.8. The third-order valence-electron chi connectivity index (χ3n) is 2.06. The molecule has 1 aromatic carbocycles. The molecular formula is C15H22O2. The minimum atomic E-state index is -0.253. The van der Waals surface area contributed by atoms with E-state index in [4.69, 9.17) is 4.42 Å². The van der Waals surface area contributed by atoms with E-state index in [0.29, 0.717) is 11.1 Å². The van der Waals surface area contributed by atoms with Gasteiger partial charge in [-0.2, -0.15) is 0 Å². The summed E-state index contributed by atoms with van der Waals surface area (Å²) in [6.07, 6.45) is 0. The number of aryl methyl sites for hydroxylation is 2. The van der Waals surface area contributed by atoms with Crippen LogP contribution in [0.15, 0.2) is 33.5 Å². The number of benzene rings is 1. The standard InChI is InChI=1S/C11H10O2.2C2H6/c1-7-3-4-10-9(5-7)6-8(2)11(12)13-10;2*1-2/h3-6H,1-2H3;2*1-2H3. The minimum absolute atomic E-state index is 0.253. The highest BCUT2D eigenvalue weighted by Gasteiger charge is 2.00. The predicted molar refractivity (Wildman–Crippen MR) is 74.7 cm³/mol. The molecular weight excluding hydrogens is 212 g/mol. The zero-order valence-corrected chi connectivity index (χ0v) is 11.6. The average Bonchev–Trinajstić information content (AvgIpc) is 2.36. The van der Waals surface area contributed by atoms with E-state index in [1.165, 1.54) is 5.56 Å². The topological polar surface area (TPSA) is 30.2 Å². The second-order valence-electron chi connectivity index (χ2n) is 3.26. The van der Waals surface area contributed by atoms with E-state index in [1.54, 1.807) is 6.92 Å². The molecule has 1 heterocycles. The second kappa shape index (κ2) is 7.66. The first-order valence-corrected chi connectivity index (χ1v) is 6.18. The maximum absolute atomic E-state index is 11.2. The molecule has 0 saturated heterocycles. The Morgan fingerprint density at radius 1 is 0.941 bits per heavy atom. The van der Waals surface area contributed by atoms with E-state index < -0.39 is 0 Å². The Hall–Kier alpha value is -1.57. The van der Waals surface area contributed by atoms with Crippen LogP contribution < -0.4 is 5.63 Å². The van der Waals surface area contributed by atoms with Gasteiger partial charge >= 0.3 is 5.63 Å². The first kappa shape index (κ1) is 15.4. The number of rotatable bonds is 0. The van der Waals surface area contributed by atoms with Crippen molar-refractivity contribution in [2.75, 3.05) is 0 Å². The molecule has 0 fully saturated rings. The molecule has 0 aliphatic rings. The maximum Gasteiger partial charge on any atom is 0.339 e. The van der Waals surface area contributed by atoms with E-state index >= 15 is 0 Å². The Morgan fingerprint density at radius 2 is 1.53 bits per heavy atom. The van der Waals surface area contributed by atoms with Crippen molar-refractivity contribution in [1.29, 1.82) is 0 Å². The summed E-state index contributed by atoms with van der Waals surface area (Å²) in [7, 11) is 0. The molecule has 0 aliphatic heterocycles. The van der Waals surface area contributed by atoms with Crippen molar-refractivity contribution < 1.29 is 4.42 Å². The van der Waals surface area contributed by atoms with Crippen molar-refractivity contribution >= 4 is 11.0 Å². The molecule has 0 atom stereocenters. The van der Waals surface area contributed by atoms with Crippen LogP contribution >= 0.6 is 0 Å². The lowest BCUT2D eigenvalue weighted by molar-refractivity contribution is 0.555. The lowest BCUT2D eigenvalue weighted by Crippen LogP contribution is -2.01. The van der Waals surface area contributed by atoms with Crippen molar-refractivity contribution in [2.24, 2.45) is 0 Å². The van der Waals surface area contributed by atoms with Crippen LogP contribution in [0.4, 0.5) is 0 Å². The van der Waals surface area contributed by atoms with Gasteiger partial charge in [0.1, 0.15) is 5.58 Å². The van der Waals surface area contributed by atoms with Crippen LogP contribution in [0.5, 0.6) is 0 Å². The van der Waals surface area contributed by atoms with E-state index in [2.05, 4.69) is 0 Å². The van der Waals surface area contributed by atoms with Gasteiger partial charge in [-0.3, -0.25) is 0 Å². The average molecular weight is 234 g/mol. The largest absolute Gasteiger partial charge is 0.423 e. The molecule has 17 heavy (non-hydrogen) atoms. The van der Waals surface area contributed by atoms with E-state index in [1.807, 2.05) is 58.9 Å². The molecule has 0 bridgehead atoms. The highest BCUT2D eigenvalue weighted by Crippen LogP contribution is 2.14. The van der Waals surface area contributed by atoms with Crippen LogP contribution in [0.25, 0.3) is 11.0 Å². The first-order chi connectivity index (χ1) is 8.16. The smallest absolute Gasteiger partial charge is 0.339 e. The Labute approximate surface area is 103 Å². The van der Waals surface area contributed by atoms with Crippen LogP contribution in [0.2, 0.25) is 0 Å². The fraction of sp³-hybridized carbons (Fsp3) is 0.400. The normalized spacial score (nSPS) is 8.82. The summed E-state index contributed by atoms with van der Waals surface area (Å²) in [4.78, 5) is 11.2. The summed E-state index contributed by atoms with van der Waals surface area (Å²) >= 11 is 0. The van der Waals surface area contributed by atoms with Gasteiger partial charge in [0.15, 0.2) is 0 Å². The second-order valence-corrected chi connectivity index (χ2v) is 3.26. The molecule has 2 aromatic rings. The van der Waals surface area contributed by atoms with Crippen molar-refractivity contribution in [3.8, 4) is 0 Å². The van der Waals surface area contributed by atoms with E-state index in [-0.39, 0.29) is 5.63 Å². The quantitative estimate of drug-likeness (QED) is 0.630. The predicted octanol–water partition coefficient (Wildman–Crippen LogP) is 4.46. The van der Waals surface area contributed by atoms with Gasteiger partial charge < -0.3 is 4.42 Å². The van der Waals surface area contributed by atoms with Gasteiger partial charge in [0.25, 0.3) is 0 Å². The molecule has 0 radical (unpaired) electrons. The number of fused-ring (bicyclic) bond motifs is 1. The van der Waals surface area contributed by atoms with Gasteiger partial charge in [-0.25, -0.2) is 4.79 Å². The zero-order chi connectivity index (χ0) is 13.4. The monoisotopic (exact) mass is 234 g/mol. The van der Waals surface area contributed by atoms with Crippen LogP contribution in [0, 0.1) is 13.8 Å². The summed E-state index contributed by atoms with van der Waals surface area (Å²) in [5, 5.41) is 0.983. The molecule has 2 rings (SSSR count). The minimum Gasteiger partial charge on any atom is -0.423 e. The van der Waals surface area contributed by atoms with Gasteiger partial charge in [-0.15, -0.1) is 0 Å². The number of hydrogen-bond donors (Lipinski definition) is 0. The summed E-state index contributed by atoms with van der Waals surface area (Å²) in [5.41, 5.74) is 2.22. The van der Waals surface area contributed by atoms with Crippen molar-refractivity contribution in [2.45, 2.75) is 41.5 Å². The summed E-state index contributed by atoms with van der Waals surface area (Å²) in [6, 6.07) is 7.62. The Kier molecular flexibility index (Phi) is 6.95. The highest BCUT2D eigenvalue weighted by atomic mass is 16.4. The van der Waals surface area contributed by atoms with Gasteiger partial charge in [0, 0.05) is 10.9 Å². The molecule has 0 saturated carbocycles. The molecule has 2 nitrogen and oxygen atoms in total. The lowest BCUT2D eigenvalue weighted by atomic mass is 10.1. The fourth-order valence-corrected chi connectivity index (χ4v) is 1.35. The molecule has 1 aromatic heterocycles. The van der Waals surface area contributed by atoms with Crippen molar-refractivity contribution in [3.05, 3.63) is 45.8 Å². The molecule has 2 heteroatoms. The molecule has 0 aliphatic carbocycles. The molecule has 0 amide bonds. The summed E-state index contributed by atoms with van der Waals surface area (Å²) in [5.74, 6) is 0. The summed E-state index contributed by atoms with van der Waals surface area (Å²) < 4.78 is 5.09. The molecule has 0 unspecified atom stereocenters. The van der Waals surface area contributed by atoms with Crippen LogP contribution in [0.3, 0.4) is 0 Å². The zero-order valence-electron chi connectivity index (χ0n) is 11.6. The maximum atomic E-state index is 11.2. The van der Waals surface area contributed by atoms with Crippen LogP contribution in [-0.4, -0.2) is 0 Å². The first-order valence-electron chi connectivity index (χ1n) is 6.18. The fourth-order valence-electron chi connectivity index (χ4n) is 1.35. The molecule has 94 valence electrons. The van der Waals surface area contributed by atoms with Crippen molar-refractivity contribution in [3.63, 3.8) is 0 Å². The van der Waals surface area contributed by atoms with E-state index in [0.717, 1.165) is 5.39 Å². The highest BCUT2D eigenvalue weighted by molar-refractivity contribution is 5.77. The number of hydrogen-bond acceptors (Lipinski definition) is 2. The third kappa shape index (κ3) is 4.06. The van der Waals surface area contributed by atoms with Gasteiger partial charge in [0.2, 0.25) is 0 Å². The molecule has 0 N–H and O–H groups in total. The van der Waals surface area contributed by atoms with Gasteiger partial charge in [0.05, 0.1) is 0 Å². The third-order valence-corrected chi connectivity index (χ3v) is 2.06. The Morgan fingerprint density at radius 3 is 2.12 bits per heavy atom. The Balaban J connectivity index is 0.000000581. The van der Waals surface area contributed by atoms with E-state index in [9.17, 15) is 4.79 Å². The van der Waals surface area contributed by atoms with Gasteiger partial charge in [-0.1, -0.05) is 39.3 Å².